The summed E-state index contributed by atoms with van der Waals surface area (Å²) in [6, 6.07) is 0. The van der Waals surface area contributed by atoms with Gasteiger partial charge in [0.05, 0.1) is 19.0 Å². The Bertz CT molecular complexity index is 343. The summed E-state index contributed by atoms with van der Waals surface area (Å²) in [5, 5.41) is 4.68. The van der Waals surface area contributed by atoms with Crippen molar-refractivity contribution in [1.82, 2.24) is 9.78 Å². The van der Waals surface area contributed by atoms with Gasteiger partial charge in [-0.05, 0) is 26.2 Å². The van der Waals surface area contributed by atoms with Gasteiger partial charge >= 0.3 is 0 Å². The number of methoxy groups -OCH3 is 1. The summed E-state index contributed by atoms with van der Waals surface area (Å²) in [5.41, 5.74) is 1.24. The van der Waals surface area contributed by atoms with Gasteiger partial charge in [0.1, 0.15) is 0 Å². The zero-order chi connectivity index (χ0) is 12.3. The van der Waals surface area contributed by atoms with Gasteiger partial charge in [-0.25, -0.2) is 0 Å². The summed E-state index contributed by atoms with van der Waals surface area (Å²) >= 11 is 6.35. The highest BCUT2D eigenvalue weighted by Crippen LogP contribution is 2.38. The maximum atomic E-state index is 6.35. The average molecular weight is 257 g/mol. The number of rotatable bonds is 3. The first-order chi connectivity index (χ1) is 8.26. The molecule has 0 aromatic carbocycles. The number of aryl methyl sites for hydroxylation is 1. The molecule has 0 N–H and O–H groups in total. The second-order valence-corrected chi connectivity index (χ2v) is 5.35. The molecule has 0 aliphatic heterocycles. The van der Waals surface area contributed by atoms with E-state index in [-0.39, 0.29) is 0 Å². The molecule has 17 heavy (non-hydrogen) atoms. The van der Waals surface area contributed by atoms with Crippen molar-refractivity contribution in [2.75, 3.05) is 7.11 Å². The largest absolute Gasteiger partial charge is 0.493 e. The van der Waals surface area contributed by atoms with Crippen LogP contribution in [0.5, 0.6) is 5.75 Å². The second-order valence-electron chi connectivity index (χ2n) is 4.73. The van der Waals surface area contributed by atoms with Gasteiger partial charge in [0.25, 0.3) is 0 Å². The van der Waals surface area contributed by atoms with Crippen LogP contribution < -0.4 is 4.74 Å². The number of hydrogen-bond donors (Lipinski definition) is 0. The predicted octanol–water partition coefficient (Wildman–Crippen LogP) is 3.57. The van der Waals surface area contributed by atoms with Crippen LogP contribution in [0, 0.1) is 0 Å². The molecule has 0 amide bonds. The van der Waals surface area contributed by atoms with E-state index in [1.807, 2.05) is 6.20 Å². The number of aromatic nitrogens is 2. The molecule has 1 fully saturated rings. The lowest BCUT2D eigenvalue weighted by Gasteiger charge is -2.18. The molecule has 1 aliphatic rings. The lowest BCUT2D eigenvalue weighted by molar-refractivity contribution is 0.396. The SMILES string of the molecule is CCn1ncc(OC)c1C1CCCCC(Cl)C1. The smallest absolute Gasteiger partial charge is 0.160 e. The Kier molecular flexibility index (Phi) is 4.32. The minimum absolute atomic E-state index is 0.299. The lowest BCUT2D eigenvalue weighted by Crippen LogP contribution is -2.11. The summed E-state index contributed by atoms with van der Waals surface area (Å²) in [6.07, 6.45) is 7.71. The van der Waals surface area contributed by atoms with Crippen molar-refractivity contribution in [3.63, 3.8) is 0 Å². The van der Waals surface area contributed by atoms with Crippen LogP contribution in [-0.2, 0) is 6.54 Å². The number of hydrogen-bond acceptors (Lipinski definition) is 2. The molecular weight excluding hydrogens is 236 g/mol. The van der Waals surface area contributed by atoms with Crippen molar-refractivity contribution >= 4 is 11.6 Å². The number of ether oxygens (including phenoxy) is 1. The normalized spacial score (nSPS) is 25.6. The summed E-state index contributed by atoms with van der Waals surface area (Å²) < 4.78 is 7.48. The molecule has 1 saturated carbocycles. The maximum absolute atomic E-state index is 6.35. The number of halogens is 1. The Hall–Kier alpha value is -0.700. The first-order valence-corrected chi connectivity index (χ1v) is 6.93. The molecule has 3 nitrogen and oxygen atoms in total. The van der Waals surface area contributed by atoms with Crippen molar-refractivity contribution in [2.24, 2.45) is 0 Å². The Morgan fingerprint density at radius 3 is 2.94 bits per heavy atom. The number of nitrogens with zero attached hydrogens (tertiary/aromatic N) is 2. The third-order valence-electron chi connectivity index (χ3n) is 3.61. The molecule has 2 atom stereocenters. The molecule has 4 heteroatoms. The molecule has 1 aliphatic carbocycles. The molecule has 2 rings (SSSR count). The van der Waals surface area contributed by atoms with Crippen LogP contribution in [0.3, 0.4) is 0 Å². The third-order valence-corrected chi connectivity index (χ3v) is 4.01. The van der Waals surface area contributed by atoms with Gasteiger partial charge in [0.15, 0.2) is 5.75 Å². The lowest BCUT2D eigenvalue weighted by atomic mass is 9.96. The topological polar surface area (TPSA) is 27.1 Å². The zero-order valence-electron chi connectivity index (χ0n) is 10.7. The van der Waals surface area contributed by atoms with E-state index in [2.05, 4.69) is 16.7 Å². The zero-order valence-corrected chi connectivity index (χ0v) is 11.4. The Balaban J connectivity index is 2.26. The van der Waals surface area contributed by atoms with Crippen LogP contribution in [0.1, 0.15) is 50.6 Å². The van der Waals surface area contributed by atoms with Crippen molar-refractivity contribution < 1.29 is 4.74 Å². The summed E-state index contributed by atoms with van der Waals surface area (Å²) in [7, 11) is 1.72. The number of alkyl halides is 1. The molecule has 0 bridgehead atoms. The van der Waals surface area contributed by atoms with Gasteiger partial charge in [0.2, 0.25) is 0 Å². The Labute approximate surface area is 108 Å². The van der Waals surface area contributed by atoms with E-state index >= 15 is 0 Å². The van der Waals surface area contributed by atoms with Gasteiger partial charge in [-0.3, -0.25) is 4.68 Å². The molecule has 2 unspecified atom stereocenters. The molecule has 96 valence electrons. The summed E-state index contributed by atoms with van der Waals surface area (Å²) in [5.74, 6) is 1.42. The highest BCUT2D eigenvalue weighted by atomic mass is 35.5. The van der Waals surface area contributed by atoms with E-state index in [9.17, 15) is 0 Å². The first-order valence-electron chi connectivity index (χ1n) is 6.50. The molecular formula is C13H21ClN2O. The Morgan fingerprint density at radius 1 is 1.47 bits per heavy atom. The van der Waals surface area contributed by atoms with Crippen molar-refractivity contribution in [2.45, 2.75) is 56.9 Å². The highest BCUT2D eigenvalue weighted by Gasteiger charge is 2.25. The fourth-order valence-electron chi connectivity index (χ4n) is 2.75. The highest BCUT2D eigenvalue weighted by molar-refractivity contribution is 6.20. The molecule has 0 radical (unpaired) electrons. The fraction of sp³-hybridized carbons (Fsp3) is 0.769. The summed E-state index contributed by atoms with van der Waals surface area (Å²) in [4.78, 5) is 0. The van der Waals surface area contributed by atoms with E-state index in [1.54, 1.807) is 7.11 Å². The predicted molar refractivity (Wildman–Crippen MR) is 69.9 cm³/mol. The van der Waals surface area contributed by atoms with Crippen molar-refractivity contribution in [3.05, 3.63) is 11.9 Å². The quantitative estimate of drug-likeness (QED) is 0.611. The first kappa shape index (κ1) is 12.7. The van der Waals surface area contributed by atoms with Crippen LogP contribution >= 0.6 is 11.6 Å². The van der Waals surface area contributed by atoms with Crippen LogP contribution in [-0.4, -0.2) is 22.3 Å². The molecule has 1 aromatic rings. The molecule has 1 heterocycles. The van der Waals surface area contributed by atoms with Crippen LogP contribution in [0.4, 0.5) is 0 Å². The van der Waals surface area contributed by atoms with Crippen LogP contribution in [0.25, 0.3) is 0 Å². The van der Waals surface area contributed by atoms with E-state index in [0.29, 0.717) is 11.3 Å². The standard InChI is InChI=1S/C13H21ClN2O/c1-3-16-13(12(17-2)9-15-16)10-6-4-5-7-11(14)8-10/h9-11H,3-8H2,1-2H3. The van der Waals surface area contributed by atoms with Gasteiger partial charge in [-0.15, -0.1) is 11.6 Å². The van der Waals surface area contributed by atoms with E-state index in [1.165, 1.54) is 25.0 Å². The van der Waals surface area contributed by atoms with Crippen LogP contribution in [0.2, 0.25) is 0 Å². The monoisotopic (exact) mass is 256 g/mol. The second kappa shape index (κ2) is 5.76. The minimum atomic E-state index is 0.299. The average Bonchev–Trinajstić information content (AvgIpc) is 2.64. The molecule has 0 saturated heterocycles. The van der Waals surface area contributed by atoms with E-state index in [4.69, 9.17) is 16.3 Å². The van der Waals surface area contributed by atoms with E-state index < -0.39 is 0 Å². The van der Waals surface area contributed by atoms with E-state index in [0.717, 1.165) is 25.1 Å². The van der Waals surface area contributed by atoms with Gasteiger partial charge in [0, 0.05) is 17.8 Å². The van der Waals surface area contributed by atoms with Crippen molar-refractivity contribution in [3.8, 4) is 5.75 Å². The van der Waals surface area contributed by atoms with Gasteiger partial charge in [-0.2, -0.15) is 5.10 Å². The fourth-order valence-corrected chi connectivity index (χ4v) is 3.12. The summed E-state index contributed by atoms with van der Waals surface area (Å²) in [6.45, 7) is 3.01. The maximum Gasteiger partial charge on any atom is 0.160 e. The van der Waals surface area contributed by atoms with Gasteiger partial charge in [-0.1, -0.05) is 12.8 Å². The third kappa shape index (κ3) is 2.76. The van der Waals surface area contributed by atoms with Crippen LogP contribution in [0.15, 0.2) is 6.20 Å². The van der Waals surface area contributed by atoms with Crippen molar-refractivity contribution in [1.29, 1.82) is 0 Å². The Morgan fingerprint density at radius 2 is 2.24 bits per heavy atom. The molecule has 1 aromatic heterocycles. The minimum Gasteiger partial charge on any atom is -0.493 e. The molecule has 0 spiro atoms. The van der Waals surface area contributed by atoms with Gasteiger partial charge < -0.3 is 4.74 Å².